The average molecular weight is 373 g/mol. The SMILES string of the molecule is CN(C)[C@H](CNC(=O)C(=O)NCc1cccs1)c1ccc2c(c1)CCO2. The van der Waals surface area contributed by atoms with Gasteiger partial charge in [-0.05, 0) is 42.7 Å². The fourth-order valence-electron chi connectivity index (χ4n) is 2.94. The van der Waals surface area contributed by atoms with Gasteiger partial charge in [0, 0.05) is 17.8 Å². The fraction of sp³-hybridized carbons (Fsp3) is 0.368. The molecule has 0 unspecified atom stereocenters. The van der Waals surface area contributed by atoms with Crippen LogP contribution in [0.1, 0.15) is 22.0 Å². The van der Waals surface area contributed by atoms with Crippen molar-refractivity contribution in [2.45, 2.75) is 19.0 Å². The van der Waals surface area contributed by atoms with Gasteiger partial charge in [0.25, 0.3) is 0 Å². The van der Waals surface area contributed by atoms with Gasteiger partial charge < -0.3 is 20.3 Å². The van der Waals surface area contributed by atoms with E-state index in [0.29, 0.717) is 19.7 Å². The normalized spacial score (nSPS) is 13.8. The first-order chi connectivity index (χ1) is 12.5. The molecule has 26 heavy (non-hydrogen) atoms. The van der Waals surface area contributed by atoms with E-state index in [1.807, 2.05) is 48.6 Å². The van der Waals surface area contributed by atoms with E-state index in [4.69, 9.17) is 4.74 Å². The molecule has 3 rings (SSSR count). The van der Waals surface area contributed by atoms with Gasteiger partial charge in [0.15, 0.2) is 0 Å². The van der Waals surface area contributed by atoms with Crippen molar-refractivity contribution in [1.29, 1.82) is 0 Å². The zero-order valence-corrected chi connectivity index (χ0v) is 15.8. The van der Waals surface area contributed by atoms with Crippen LogP contribution in [0.2, 0.25) is 0 Å². The van der Waals surface area contributed by atoms with Crippen molar-refractivity contribution < 1.29 is 14.3 Å². The van der Waals surface area contributed by atoms with E-state index in [-0.39, 0.29) is 6.04 Å². The number of likely N-dealkylation sites (N-methyl/N-ethyl adjacent to an activating group) is 1. The van der Waals surface area contributed by atoms with Crippen molar-refractivity contribution in [2.24, 2.45) is 0 Å². The first kappa shape index (κ1) is 18.4. The lowest BCUT2D eigenvalue weighted by atomic mass is 10.0. The van der Waals surface area contributed by atoms with Crippen molar-refractivity contribution >= 4 is 23.2 Å². The molecule has 0 spiro atoms. The molecule has 0 saturated heterocycles. The van der Waals surface area contributed by atoms with Crippen LogP contribution in [0.4, 0.5) is 0 Å². The zero-order chi connectivity index (χ0) is 18.5. The molecule has 2 amide bonds. The van der Waals surface area contributed by atoms with Crippen LogP contribution in [0.3, 0.4) is 0 Å². The van der Waals surface area contributed by atoms with Gasteiger partial charge in [-0.2, -0.15) is 0 Å². The fourth-order valence-corrected chi connectivity index (χ4v) is 3.59. The Labute approximate surface area is 157 Å². The second-order valence-electron chi connectivity index (χ2n) is 6.42. The quantitative estimate of drug-likeness (QED) is 0.757. The van der Waals surface area contributed by atoms with E-state index in [0.717, 1.165) is 22.6 Å². The van der Waals surface area contributed by atoms with E-state index >= 15 is 0 Å². The number of fused-ring (bicyclic) bond motifs is 1. The third-order valence-corrected chi connectivity index (χ3v) is 5.26. The van der Waals surface area contributed by atoms with E-state index < -0.39 is 11.8 Å². The summed E-state index contributed by atoms with van der Waals surface area (Å²) in [6.07, 6.45) is 0.904. The maximum Gasteiger partial charge on any atom is 0.309 e. The van der Waals surface area contributed by atoms with Crippen LogP contribution < -0.4 is 15.4 Å². The number of carbonyl (C=O) groups excluding carboxylic acids is 2. The van der Waals surface area contributed by atoms with E-state index in [2.05, 4.69) is 16.7 Å². The molecule has 2 heterocycles. The summed E-state index contributed by atoms with van der Waals surface area (Å²) in [6, 6.07) is 9.92. The van der Waals surface area contributed by atoms with Gasteiger partial charge in [0.1, 0.15) is 5.75 Å². The highest BCUT2D eigenvalue weighted by atomic mass is 32.1. The molecule has 2 N–H and O–H groups in total. The molecular weight excluding hydrogens is 350 g/mol. The van der Waals surface area contributed by atoms with E-state index in [9.17, 15) is 9.59 Å². The smallest absolute Gasteiger partial charge is 0.309 e. The molecule has 1 aliphatic rings. The Balaban J connectivity index is 1.56. The number of nitrogens with one attached hydrogen (secondary N) is 2. The van der Waals surface area contributed by atoms with Crippen molar-refractivity contribution in [3.8, 4) is 5.75 Å². The van der Waals surface area contributed by atoms with Gasteiger partial charge in [-0.25, -0.2) is 0 Å². The Morgan fingerprint density at radius 2 is 2.04 bits per heavy atom. The molecule has 2 aromatic rings. The molecule has 1 atom stereocenters. The maximum absolute atomic E-state index is 12.1. The summed E-state index contributed by atoms with van der Waals surface area (Å²) in [6.45, 7) is 1.44. The first-order valence-electron chi connectivity index (χ1n) is 8.55. The molecular formula is C19H23N3O3S. The highest BCUT2D eigenvalue weighted by molar-refractivity contribution is 7.09. The summed E-state index contributed by atoms with van der Waals surface area (Å²) >= 11 is 1.54. The van der Waals surface area contributed by atoms with Gasteiger partial charge in [0.2, 0.25) is 0 Å². The number of amides is 2. The summed E-state index contributed by atoms with van der Waals surface area (Å²) < 4.78 is 5.55. The lowest BCUT2D eigenvalue weighted by Gasteiger charge is -2.25. The number of thiophene rings is 1. The number of hydrogen-bond donors (Lipinski definition) is 2. The van der Waals surface area contributed by atoms with Crippen LogP contribution in [0, 0.1) is 0 Å². The van der Waals surface area contributed by atoms with Crippen LogP contribution in [0.5, 0.6) is 5.75 Å². The summed E-state index contributed by atoms with van der Waals surface area (Å²) in [5, 5.41) is 7.32. The standard InChI is InChI=1S/C19H23N3O3S/c1-22(2)16(13-5-6-17-14(10-13)7-8-25-17)12-21-19(24)18(23)20-11-15-4-3-9-26-15/h3-6,9-10,16H,7-8,11-12H2,1-2H3,(H,20,23)(H,21,24)/t16-/m1/s1. The topological polar surface area (TPSA) is 70.7 Å². The molecule has 1 aliphatic heterocycles. The molecule has 1 aromatic carbocycles. The van der Waals surface area contributed by atoms with Gasteiger partial charge in [-0.15, -0.1) is 11.3 Å². The van der Waals surface area contributed by atoms with Crippen molar-refractivity contribution in [3.63, 3.8) is 0 Å². The van der Waals surface area contributed by atoms with Crippen molar-refractivity contribution in [1.82, 2.24) is 15.5 Å². The van der Waals surface area contributed by atoms with Crippen LogP contribution in [0.15, 0.2) is 35.7 Å². The van der Waals surface area contributed by atoms with Crippen LogP contribution in [-0.4, -0.2) is 44.0 Å². The first-order valence-corrected chi connectivity index (χ1v) is 9.43. The predicted molar refractivity (Wildman–Crippen MR) is 101 cm³/mol. The Kier molecular flexibility index (Phi) is 5.90. The summed E-state index contributed by atoms with van der Waals surface area (Å²) in [5.74, 6) is -0.292. The zero-order valence-electron chi connectivity index (χ0n) is 15.0. The number of carbonyl (C=O) groups is 2. The Bertz CT molecular complexity index is 774. The monoisotopic (exact) mass is 373 g/mol. The van der Waals surface area contributed by atoms with Gasteiger partial charge in [-0.1, -0.05) is 18.2 Å². The minimum atomic E-state index is -0.613. The molecule has 0 bridgehead atoms. The minimum Gasteiger partial charge on any atom is -0.493 e. The lowest BCUT2D eigenvalue weighted by molar-refractivity contribution is -0.139. The average Bonchev–Trinajstić information content (AvgIpc) is 3.30. The number of hydrogen-bond acceptors (Lipinski definition) is 5. The third-order valence-electron chi connectivity index (χ3n) is 4.39. The Morgan fingerprint density at radius 3 is 2.77 bits per heavy atom. The molecule has 0 aliphatic carbocycles. The van der Waals surface area contributed by atoms with E-state index in [1.54, 1.807) is 11.3 Å². The molecule has 0 radical (unpaired) electrons. The highest BCUT2D eigenvalue weighted by Crippen LogP contribution is 2.29. The van der Waals surface area contributed by atoms with Crippen LogP contribution in [0.25, 0.3) is 0 Å². The third kappa shape index (κ3) is 4.42. The summed E-state index contributed by atoms with van der Waals surface area (Å²) in [7, 11) is 3.91. The van der Waals surface area contributed by atoms with Crippen LogP contribution in [-0.2, 0) is 22.6 Å². The largest absolute Gasteiger partial charge is 0.493 e. The molecule has 6 nitrogen and oxygen atoms in total. The number of benzene rings is 1. The molecule has 0 saturated carbocycles. The summed E-state index contributed by atoms with van der Waals surface area (Å²) in [4.78, 5) is 27.1. The highest BCUT2D eigenvalue weighted by Gasteiger charge is 2.21. The Morgan fingerprint density at radius 1 is 1.23 bits per heavy atom. The second-order valence-corrected chi connectivity index (χ2v) is 7.45. The number of nitrogens with zero attached hydrogens (tertiary/aromatic N) is 1. The van der Waals surface area contributed by atoms with Crippen LogP contribution >= 0.6 is 11.3 Å². The molecule has 138 valence electrons. The van der Waals surface area contributed by atoms with E-state index in [1.165, 1.54) is 5.56 Å². The van der Waals surface area contributed by atoms with Gasteiger partial charge >= 0.3 is 11.8 Å². The second kappa shape index (κ2) is 8.33. The summed E-state index contributed by atoms with van der Waals surface area (Å²) in [5.41, 5.74) is 2.29. The van der Waals surface area contributed by atoms with Gasteiger partial charge in [-0.3, -0.25) is 9.59 Å². The van der Waals surface area contributed by atoms with Crippen molar-refractivity contribution in [2.75, 3.05) is 27.2 Å². The predicted octanol–water partition coefficient (Wildman–Crippen LogP) is 1.72. The number of rotatable bonds is 6. The minimum absolute atomic E-state index is 0.0186. The maximum atomic E-state index is 12.1. The molecule has 0 fully saturated rings. The Hall–Kier alpha value is -2.38. The lowest BCUT2D eigenvalue weighted by Crippen LogP contribution is -2.42. The molecule has 1 aromatic heterocycles. The number of ether oxygens (including phenoxy) is 1. The van der Waals surface area contributed by atoms with Crippen molar-refractivity contribution in [3.05, 3.63) is 51.7 Å². The van der Waals surface area contributed by atoms with Gasteiger partial charge in [0.05, 0.1) is 19.2 Å². The molecule has 7 heteroatoms.